The molecule has 0 N–H and O–H groups in total. The lowest BCUT2D eigenvalue weighted by molar-refractivity contribution is -0.0522. The summed E-state index contributed by atoms with van der Waals surface area (Å²) in [5.74, 6) is -0.655. The third kappa shape index (κ3) is 3.23. The summed E-state index contributed by atoms with van der Waals surface area (Å²) in [6, 6.07) is 0. The number of aliphatic imine (C=N–C) groups is 1. The average Bonchev–Trinajstić information content (AvgIpc) is 2.07. The number of rotatable bonds is 2. The molecule has 8 heteroatoms. The molecule has 1 heterocycles. The molecular weight excluding hydrogens is 247 g/mol. The molecule has 4 nitrogen and oxygen atoms in total. The fourth-order valence-electron chi connectivity index (χ4n) is 0.684. The first kappa shape index (κ1) is 12.5. The van der Waals surface area contributed by atoms with Gasteiger partial charge in [0.05, 0.1) is 0 Å². The van der Waals surface area contributed by atoms with Crippen molar-refractivity contribution in [2.75, 3.05) is 0 Å². The molecule has 16 heavy (non-hydrogen) atoms. The van der Waals surface area contributed by atoms with Crippen molar-refractivity contribution in [3.63, 3.8) is 0 Å². The highest BCUT2D eigenvalue weighted by molar-refractivity contribution is 7.87. The molecule has 0 aliphatic carbocycles. The molecule has 0 saturated carbocycles. The summed E-state index contributed by atoms with van der Waals surface area (Å²) in [6.07, 6.45) is 7.87. The van der Waals surface area contributed by atoms with Gasteiger partial charge in [0.15, 0.2) is 0 Å². The summed E-state index contributed by atoms with van der Waals surface area (Å²) in [5.41, 5.74) is -5.47. The molecule has 0 bridgehead atoms. The number of alkyl halides is 3. The van der Waals surface area contributed by atoms with Crippen molar-refractivity contribution in [2.45, 2.75) is 5.51 Å². The van der Waals surface area contributed by atoms with Gasteiger partial charge >= 0.3 is 15.6 Å². The van der Waals surface area contributed by atoms with Gasteiger partial charge in [0, 0.05) is 12.3 Å². The Morgan fingerprint density at radius 2 is 1.75 bits per heavy atom. The van der Waals surface area contributed by atoms with E-state index in [-0.39, 0.29) is 0 Å². The first-order valence-corrected chi connectivity index (χ1v) is 5.32. The molecule has 0 aromatic rings. The van der Waals surface area contributed by atoms with Crippen LogP contribution in [0, 0.1) is 0 Å². The summed E-state index contributed by atoms with van der Waals surface area (Å²) in [7, 11) is -5.67. The second-order valence-electron chi connectivity index (χ2n) is 2.54. The second kappa shape index (κ2) is 4.52. The van der Waals surface area contributed by atoms with E-state index in [1.165, 1.54) is 18.2 Å². The van der Waals surface area contributed by atoms with Crippen molar-refractivity contribution in [3.05, 3.63) is 36.3 Å². The van der Waals surface area contributed by atoms with Gasteiger partial charge in [-0.3, -0.25) is 0 Å². The minimum atomic E-state index is -5.67. The highest BCUT2D eigenvalue weighted by atomic mass is 32.2. The van der Waals surface area contributed by atoms with E-state index in [1.54, 1.807) is 6.08 Å². The Labute approximate surface area is 89.6 Å². The Morgan fingerprint density at radius 1 is 1.12 bits per heavy atom. The normalized spacial score (nSPS) is 25.8. The van der Waals surface area contributed by atoms with Crippen LogP contribution in [0.15, 0.2) is 41.3 Å². The van der Waals surface area contributed by atoms with Crippen molar-refractivity contribution in [2.24, 2.45) is 4.99 Å². The van der Waals surface area contributed by atoms with Crippen molar-refractivity contribution in [1.29, 1.82) is 0 Å². The van der Waals surface area contributed by atoms with E-state index < -0.39 is 21.5 Å². The molecule has 1 aliphatic rings. The highest BCUT2D eigenvalue weighted by Gasteiger charge is 2.48. The van der Waals surface area contributed by atoms with Gasteiger partial charge in [-0.25, -0.2) is 4.99 Å². The van der Waals surface area contributed by atoms with Crippen molar-refractivity contribution in [3.8, 4) is 0 Å². The molecule has 1 rings (SSSR count). The van der Waals surface area contributed by atoms with Gasteiger partial charge in [-0.2, -0.15) is 21.6 Å². The monoisotopic (exact) mass is 253 g/mol. The summed E-state index contributed by atoms with van der Waals surface area (Å²) in [6.45, 7) is 0. The minimum Gasteiger partial charge on any atom is -0.355 e. The summed E-state index contributed by atoms with van der Waals surface area (Å²) in [5, 5.41) is 0. The van der Waals surface area contributed by atoms with Crippen LogP contribution in [0.1, 0.15) is 0 Å². The van der Waals surface area contributed by atoms with Crippen molar-refractivity contribution >= 4 is 16.3 Å². The van der Waals surface area contributed by atoms with E-state index in [4.69, 9.17) is 0 Å². The van der Waals surface area contributed by atoms with Crippen LogP contribution in [0.4, 0.5) is 13.2 Å². The fraction of sp³-hybridized carbons (Fsp3) is 0.125. The first-order chi connectivity index (χ1) is 7.33. The van der Waals surface area contributed by atoms with Gasteiger partial charge in [-0.05, 0) is 6.08 Å². The molecular formula is C8H6F3NO3S. The fourth-order valence-corrected chi connectivity index (χ4v) is 1.10. The zero-order valence-corrected chi connectivity index (χ0v) is 8.49. The molecule has 0 fully saturated rings. The molecule has 0 spiro atoms. The summed E-state index contributed by atoms with van der Waals surface area (Å²) in [4.78, 5) is 3.38. The van der Waals surface area contributed by atoms with Crippen LogP contribution in [0.25, 0.3) is 0 Å². The third-order valence-electron chi connectivity index (χ3n) is 1.34. The van der Waals surface area contributed by atoms with E-state index in [0.29, 0.717) is 0 Å². The molecule has 0 aromatic carbocycles. The van der Waals surface area contributed by atoms with Crippen molar-refractivity contribution in [1.82, 2.24) is 0 Å². The number of hydrogen-bond acceptors (Lipinski definition) is 4. The molecule has 0 aromatic heterocycles. The zero-order valence-electron chi connectivity index (χ0n) is 7.68. The van der Waals surface area contributed by atoms with E-state index >= 15 is 0 Å². The minimum absolute atomic E-state index is 0.655. The van der Waals surface area contributed by atoms with Crippen LogP contribution < -0.4 is 0 Å². The predicted molar refractivity (Wildman–Crippen MR) is 50.9 cm³/mol. The Morgan fingerprint density at radius 3 is 2.38 bits per heavy atom. The third-order valence-corrected chi connectivity index (χ3v) is 2.30. The number of halogens is 3. The maximum Gasteiger partial charge on any atom is 0.534 e. The Hall–Kier alpha value is -1.57. The quantitative estimate of drug-likeness (QED) is 0.557. The average molecular weight is 253 g/mol. The van der Waals surface area contributed by atoms with Gasteiger partial charge in [0.2, 0.25) is 5.88 Å². The van der Waals surface area contributed by atoms with Gasteiger partial charge < -0.3 is 4.18 Å². The van der Waals surface area contributed by atoms with Gasteiger partial charge in [-0.1, -0.05) is 18.2 Å². The van der Waals surface area contributed by atoms with Crippen LogP contribution in [0.3, 0.4) is 0 Å². The predicted octanol–water partition coefficient (Wildman–Crippen LogP) is 1.89. The molecule has 0 unspecified atom stereocenters. The van der Waals surface area contributed by atoms with Crippen LogP contribution in [-0.4, -0.2) is 20.1 Å². The van der Waals surface area contributed by atoms with E-state index in [9.17, 15) is 21.6 Å². The first-order valence-electron chi connectivity index (χ1n) is 3.91. The lowest BCUT2D eigenvalue weighted by Crippen LogP contribution is -2.25. The van der Waals surface area contributed by atoms with Crippen LogP contribution in [0.2, 0.25) is 0 Å². The summed E-state index contributed by atoms with van der Waals surface area (Å²) >= 11 is 0. The van der Waals surface area contributed by atoms with Gasteiger partial charge in [-0.15, -0.1) is 0 Å². The lowest BCUT2D eigenvalue weighted by atomic mass is 10.4. The molecule has 0 atom stereocenters. The molecule has 0 saturated heterocycles. The Kier molecular flexibility index (Phi) is 3.53. The Bertz CT molecular complexity index is 471. The molecule has 88 valence electrons. The maximum atomic E-state index is 11.9. The van der Waals surface area contributed by atoms with E-state index in [2.05, 4.69) is 9.18 Å². The molecule has 0 radical (unpaired) electrons. The van der Waals surface area contributed by atoms with Gasteiger partial charge in [0.25, 0.3) is 0 Å². The van der Waals surface area contributed by atoms with E-state index in [1.807, 2.05) is 0 Å². The topological polar surface area (TPSA) is 55.7 Å². The largest absolute Gasteiger partial charge is 0.534 e. The molecule has 1 aliphatic heterocycles. The second-order valence-corrected chi connectivity index (χ2v) is 4.07. The summed E-state index contributed by atoms with van der Waals surface area (Å²) < 4.78 is 60.9. The standard InChI is InChI=1S/C8H6F3NO3S/c9-8(10,11)16(13,14)15-7-5-3-1-2-4-6-12-7/h1-6H/b2-1?,3-1-,4-2-,5-3?,6-4?,7-5+,12-6-,12-7?. The Balaban J connectivity index is 2.90. The van der Waals surface area contributed by atoms with Gasteiger partial charge in [0.1, 0.15) is 0 Å². The smallest absolute Gasteiger partial charge is 0.355 e. The zero-order chi connectivity index (χ0) is 12.2. The van der Waals surface area contributed by atoms with Crippen LogP contribution >= 0.6 is 0 Å². The SMILES string of the molecule is O=S(=O)(OC1=C/C=C\C=C/C=N\1)C(F)(F)F. The number of nitrogens with zero attached hydrogens (tertiary/aromatic N) is 1. The number of allylic oxidation sites excluding steroid dienone is 5. The highest BCUT2D eigenvalue weighted by Crippen LogP contribution is 2.26. The maximum absolute atomic E-state index is 11.9. The van der Waals surface area contributed by atoms with Crippen LogP contribution in [0.5, 0.6) is 0 Å². The lowest BCUT2D eigenvalue weighted by Gasteiger charge is -2.08. The van der Waals surface area contributed by atoms with Crippen molar-refractivity contribution < 1.29 is 25.8 Å². The van der Waals surface area contributed by atoms with Crippen LogP contribution in [-0.2, 0) is 14.3 Å². The van der Waals surface area contributed by atoms with E-state index in [0.717, 1.165) is 12.3 Å². The molecule has 0 amide bonds. The number of hydrogen-bond donors (Lipinski definition) is 0.